The van der Waals surface area contributed by atoms with Crippen molar-refractivity contribution in [3.63, 3.8) is 0 Å². The molecular weight excluding hydrogens is 274 g/mol. The van der Waals surface area contributed by atoms with Crippen LogP contribution in [0.5, 0.6) is 0 Å². The maximum atomic E-state index is 12.0. The van der Waals surface area contributed by atoms with E-state index in [9.17, 15) is 4.79 Å². The highest BCUT2D eigenvalue weighted by Crippen LogP contribution is 2.44. The van der Waals surface area contributed by atoms with Gasteiger partial charge >= 0.3 is 0 Å². The van der Waals surface area contributed by atoms with Gasteiger partial charge < -0.3 is 16.8 Å². The zero-order valence-electron chi connectivity index (χ0n) is 11.2. The molecule has 7 heteroatoms. The summed E-state index contributed by atoms with van der Waals surface area (Å²) in [5, 5.41) is 3.61. The largest absolute Gasteiger partial charge is 0.383 e. The molecule has 2 saturated carbocycles. The summed E-state index contributed by atoms with van der Waals surface area (Å²) < 4.78 is 0. The number of nitrogens with zero attached hydrogens (tertiary/aromatic N) is 2. The number of nitrogen functional groups attached to an aromatic ring is 2. The molecule has 2 aliphatic carbocycles. The summed E-state index contributed by atoms with van der Waals surface area (Å²) in [6.45, 7) is 0. The average Bonchev–Trinajstić information content (AvgIpc) is 3.26. The van der Waals surface area contributed by atoms with E-state index in [1.165, 1.54) is 43.5 Å². The molecule has 0 atom stereocenters. The van der Waals surface area contributed by atoms with Crippen molar-refractivity contribution in [2.24, 2.45) is 11.8 Å². The molecule has 1 aromatic rings. The first-order valence-electron chi connectivity index (χ1n) is 6.94. The molecule has 0 saturated heterocycles. The number of aromatic nitrogens is 2. The molecule has 0 aromatic carbocycles. The van der Waals surface area contributed by atoms with Gasteiger partial charge in [-0.25, -0.2) is 9.97 Å². The van der Waals surface area contributed by atoms with Crippen LogP contribution >= 0.6 is 11.8 Å². The number of amides is 1. The number of hydrogen-bond donors (Lipinski definition) is 3. The van der Waals surface area contributed by atoms with E-state index in [-0.39, 0.29) is 5.91 Å². The minimum absolute atomic E-state index is 0.0448. The molecular formula is C13H19N5OS. The summed E-state index contributed by atoms with van der Waals surface area (Å²) in [4.78, 5) is 20.1. The lowest BCUT2D eigenvalue weighted by molar-refractivity contribution is -0.119. The van der Waals surface area contributed by atoms with Gasteiger partial charge in [0.15, 0.2) is 5.16 Å². The Balaban J connectivity index is 1.51. The Morgan fingerprint density at radius 3 is 2.30 bits per heavy atom. The highest BCUT2D eigenvalue weighted by molar-refractivity contribution is 7.99. The molecule has 0 spiro atoms. The number of carbonyl (C=O) groups excluding carboxylic acids is 1. The SMILES string of the molecule is Nc1cc(N)nc(SCC(=O)NC(C2CC2)C2CC2)n1. The van der Waals surface area contributed by atoms with Crippen LogP contribution in [-0.2, 0) is 4.79 Å². The first-order valence-corrected chi connectivity index (χ1v) is 7.92. The van der Waals surface area contributed by atoms with Crippen LogP contribution in [0.3, 0.4) is 0 Å². The first kappa shape index (κ1) is 13.5. The third-order valence-electron chi connectivity index (χ3n) is 3.67. The number of carbonyl (C=O) groups is 1. The smallest absolute Gasteiger partial charge is 0.230 e. The second-order valence-electron chi connectivity index (χ2n) is 5.56. The van der Waals surface area contributed by atoms with E-state index in [4.69, 9.17) is 11.5 Å². The number of nitrogens with one attached hydrogen (secondary N) is 1. The van der Waals surface area contributed by atoms with Crippen LogP contribution in [-0.4, -0.2) is 27.7 Å². The molecule has 3 rings (SSSR count). The topological polar surface area (TPSA) is 107 Å². The first-order chi connectivity index (χ1) is 9.61. The van der Waals surface area contributed by atoms with Crippen molar-refractivity contribution >= 4 is 29.3 Å². The van der Waals surface area contributed by atoms with E-state index < -0.39 is 0 Å². The fourth-order valence-electron chi connectivity index (χ4n) is 2.42. The highest BCUT2D eigenvalue weighted by atomic mass is 32.2. The molecule has 108 valence electrons. The Bertz CT molecular complexity index is 483. The van der Waals surface area contributed by atoms with Gasteiger partial charge in [0.25, 0.3) is 0 Å². The summed E-state index contributed by atoms with van der Waals surface area (Å²) in [6, 6.07) is 1.88. The van der Waals surface area contributed by atoms with E-state index in [0.29, 0.717) is 40.4 Å². The summed E-state index contributed by atoms with van der Waals surface area (Å²) in [6.07, 6.45) is 5.01. The number of hydrogen-bond acceptors (Lipinski definition) is 6. The number of anilines is 2. The normalized spacial score (nSPS) is 18.2. The van der Waals surface area contributed by atoms with Gasteiger partial charge in [-0.3, -0.25) is 4.79 Å². The number of rotatable bonds is 6. The Labute approximate surface area is 122 Å². The zero-order chi connectivity index (χ0) is 14.1. The van der Waals surface area contributed by atoms with Crippen molar-refractivity contribution in [1.29, 1.82) is 0 Å². The lowest BCUT2D eigenvalue weighted by atomic mass is 10.1. The van der Waals surface area contributed by atoms with Crippen molar-refractivity contribution in [1.82, 2.24) is 15.3 Å². The molecule has 1 amide bonds. The van der Waals surface area contributed by atoms with Crippen LogP contribution < -0.4 is 16.8 Å². The van der Waals surface area contributed by atoms with Gasteiger partial charge in [-0.15, -0.1) is 0 Å². The minimum Gasteiger partial charge on any atom is -0.383 e. The lowest BCUT2D eigenvalue weighted by Crippen LogP contribution is -2.39. The molecule has 1 heterocycles. The zero-order valence-corrected chi connectivity index (χ0v) is 12.0. The third kappa shape index (κ3) is 3.53. The third-order valence-corrected chi connectivity index (χ3v) is 4.51. The maximum absolute atomic E-state index is 12.0. The van der Waals surface area contributed by atoms with Crippen molar-refractivity contribution in [2.75, 3.05) is 17.2 Å². The van der Waals surface area contributed by atoms with Gasteiger partial charge in [-0.1, -0.05) is 11.8 Å². The number of nitrogens with two attached hydrogens (primary N) is 2. The van der Waals surface area contributed by atoms with Crippen molar-refractivity contribution < 1.29 is 4.79 Å². The monoisotopic (exact) mass is 293 g/mol. The van der Waals surface area contributed by atoms with Gasteiger partial charge in [-0.2, -0.15) is 0 Å². The molecule has 1 aromatic heterocycles. The van der Waals surface area contributed by atoms with E-state index in [1.807, 2.05) is 0 Å². The van der Waals surface area contributed by atoms with E-state index >= 15 is 0 Å². The summed E-state index contributed by atoms with van der Waals surface area (Å²) in [5.74, 6) is 2.41. The Kier molecular flexibility index (Phi) is 3.69. The standard InChI is InChI=1S/C13H19N5OS/c14-9-5-10(15)17-13(16-9)20-6-11(19)18-12(7-1-2-7)8-3-4-8/h5,7-8,12H,1-4,6H2,(H,18,19)(H4,14,15,16,17). The van der Waals surface area contributed by atoms with E-state index in [0.717, 1.165) is 0 Å². The molecule has 20 heavy (non-hydrogen) atoms. The fourth-order valence-corrected chi connectivity index (χ4v) is 3.10. The van der Waals surface area contributed by atoms with Gasteiger partial charge in [0.05, 0.1) is 5.75 Å². The van der Waals surface area contributed by atoms with Crippen LogP contribution in [0.2, 0.25) is 0 Å². The van der Waals surface area contributed by atoms with Crippen LogP contribution in [0, 0.1) is 11.8 Å². The molecule has 0 radical (unpaired) electrons. The fraction of sp³-hybridized carbons (Fsp3) is 0.615. The second-order valence-corrected chi connectivity index (χ2v) is 6.50. The summed E-state index contributed by atoms with van der Waals surface area (Å²) >= 11 is 1.27. The Morgan fingerprint density at radius 2 is 1.80 bits per heavy atom. The predicted octanol–water partition coefficient (Wildman–Crippen LogP) is 1.04. The molecule has 0 unspecified atom stereocenters. The van der Waals surface area contributed by atoms with Gasteiger partial charge in [0.2, 0.25) is 5.91 Å². The minimum atomic E-state index is 0.0448. The second kappa shape index (κ2) is 5.47. The van der Waals surface area contributed by atoms with E-state index in [1.54, 1.807) is 0 Å². The quantitative estimate of drug-likeness (QED) is 0.534. The van der Waals surface area contributed by atoms with Gasteiger partial charge in [0, 0.05) is 12.1 Å². The summed E-state index contributed by atoms with van der Waals surface area (Å²) in [7, 11) is 0. The number of thioether (sulfide) groups is 1. The lowest BCUT2D eigenvalue weighted by Gasteiger charge is -2.17. The molecule has 6 nitrogen and oxygen atoms in total. The highest BCUT2D eigenvalue weighted by Gasteiger charge is 2.42. The van der Waals surface area contributed by atoms with Crippen molar-refractivity contribution in [2.45, 2.75) is 36.9 Å². The Hall–Kier alpha value is -1.50. The molecule has 2 fully saturated rings. The maximum Gasteiger partial charge on any atom is 0.230 e. The van der Waals surface area contributed by atoms with Crippen LogP contribution in [0.15, 0.2) is 11.2 Å². The van der Waals surface area contributed by atoms with Crippen LogP contribution in [0.4, 0.5) is 11.6 Å². The molecule has 2 aliphatic rings. The van der Waals surface area contributed by atoms with Crippen molar-refractivity contribution in [3.05, 3.63) is 6.07 Å². The Morgan fingerprint density at radius 1 is 1.25 bits per heavy atom. The predicted molar refractivity (Wildman–Crippen MR) is 79.0 cm³/mol. The molecule has 0 aliphatic heterocycles. The average molecular weight is 293 g/mol. The van der Waals surface area contributed by atoms with Crippen LogP contribution in [0.1, 0.15) is 25.7 Å². The van der Waals surface area contributed by atoms with E-state index in [2.05, 4.69) is 15.3 Å². The van der Waals surface area contributed by atoms with Gasteiger partial charge in [-0.05, 0) is 37.5 Å². The van der Waals surface area contributed by atoms with Crippen molar-refractivity contribution in [3.8, 4) is 0 Å². The summed E-state index contributed by atoms with van der Waals surface area (Å²) in [5.41, 5.74) is 11.2. The van der Waals surface area contributed by atoms with Gasteiger partial charge in [0.1, 0.15) is 11.6 Å². The van der Waals surface area contributed by atoms with Crippen LogP contribution in [0.25, 0.3) is 0 Å². The molecule has 5 N–H and O–H groups in total. The molecule has 0 bridgehead atoms.